The SMILES string of the molecule is CN=C(NCc1ccc(C(=O)NC)cc1)NCc1ccc(F)cc1CSC. The van der Waals surface area contributed by atoms with E-state index in [0.29, 0.717) is 24.6 Å². The van der Waals surface area contributed by atoms with Crippen LogP contribution in [-0.2, 0) is 18.8 Å². The minimum atomic E-state index is -0.217. The van der Waals surface area contributed by atoms with Crippen molar-refractivity contribution in [2.45, 2.75) is 18.8 Å². The van der Waals surface area contributed by atoms with E-state index in [0.717, 1.165) is 22.4 Å². The first-order valence-corrected chi connectivity index (χ1v) is 9.98. The molecule has 0 aliphatic heterocycles. The number of carbonyl (C=O) groups excluding carboxylic acids is 1. The first-order valence-electron chi connectivity index (χ1n) is 8.59. The highest BCUT2D eigenvalue weighted by Gasteiger charge is 2.06. The largest absolute Gasteiger partial charge is 0.355 e. The van der Waals surface area contributed by atoms with Crippen LogP contribution in [-0.4, -0.2) is 32.2 Å². The van der Waals surface area contributed by atoms with Crippen molar-refractivity contribution in [2.75, 3.05) is 20.4 Å². The Morgan fingerprint density at radius 2 is 1.78 bits per heavy atom. The zero-order valence-corrected chi connectivity index (χ0v) is 16.6. The van der Waals surface area contributed by atoms with Gasteiger partial charge in [0.05, 0.1) is 0 Å². The number of guanidine groups is 1. The molecule has 0 heterocycles. The summed E-state index contributed by atoms with van der Waals surface area (Å²) in [4.78, 5) is 15.8. The molecule has 0 atom stereocenters. The molecule has 5 nitrogen and oxygen atoms in total. The van der Waals surface area contributed by atoms with Gasteiger partial charge >= 0.3 is 0 Å². The molecule has 0 saturated heterocycles. The topological polar surface area (TPSA) is 65.5 Å². The second-order valence-corrected chi connectivity index (χ2v) is 6.77. The van der Waals surface area contributed by atoms with Gasteiger partial charge in [-0.2, -0.15) is 11.8 Å². The zero-order valence-electron chi connectivity index (χ0n) is 15.8. The number of hydrogen-bond acceptors (Lipinski definition) is 3. The van der Waals surface area contributed by atoms with E-state index in [-0.39, 0.29) is 11.7 Å². The van der Waals surface area contributed by atoms with Crippen molar-refractivity contribution in [2.24, 2.45) is 4.99 Å². The highest BCUT2D eigenvalue weighted by atomic mass is 32.2. The van der Waals surface area contributed by atoms with Crippen LogP contribution in [0.5, 0.6) is 0 Å². The number of rotatable bonds is 7. The van der Waals surface area contributed by atoms with Gasteiger partial charge in [-0.15, -0.1) is 0 Å². The standard InChI is InChI=1S/C20H25FN4OS/c1-22-19(26)15-6-4-14(5-7-15)11-24-20(23-2)25-12-16-8-9-18(21)10-17(16)13-27-3/h4-10H,11-13H2,1-3H3,(H,22,26)(H2,23,24,25). The van der Waals surface area contributed by atoms with Crippen LogP contribution in [0.1, 0.15) is 27.0 Å². The Kier molecular flexibility index (Phi) is 8.13. The van der Waals surface area contributed by atoms with Crippen molar-refractivity contribution in [3.8, 4) is 0 Å². The number of amides is 1. The van der Waals surface area contributed by atoms with Gasteiger partial charge in [0.1, 0.15) is 5.82 Å². The van der Waals surface area contributed by atoms with Gasteiger partial charge in [-0.05, 0) is 47.2 Å². The number of benzene rings is 2. The molecule has 0 saturated carbocycles. The van der Waals surface area contributed by atoms with Gasteiger partial charge in [0.15, 0.2) is 5.96 Å². The Morgan fingerprint density at radius 3 is 2.41 bits per heavy atom. The molecule has 0 unspecified atom stereocenters. The lowest BCUT2D eigenvalue weighted by atomic mass is 10.1. The summed E-state index contributed by atoms with van der Waals surface area (Å²) >= 11 is 1.66. The Morgan fingerprint density at radius 1 is 1.07 bits per heavy atom. The fraction of sp³-hybridized carbons (Fsp3) is 0.300. The molecule has 3 N–H and O–H groups in total. The molecule has 144 valence electrons. The maximum absolute atomic E-state index is 13.5. The Labute approximate surface area is 163 Å². The van der Waals surface area contributed by atoms with Crippen molar-refractivity contribution in [3.05, 3.63) is 70.5 Å². The molecule has 1 amide bonds. The lowest BCUT2D eigenvalue weighted by Crippen LogP contribution is -2.36. The van der Waals surface area contributed by atoms with Crippen molar-refractivity contribution < 1.29 is 9.18 Å². The summed E-state index contributed by atoms with van der Waals surface area (Å²) in [7, 11) is 3.32. The molecule has 0 spiro atoms. The molecule has 0 bridgehead atoms. The number of aliphatic imine (C=N–C) groups is 1. The third-order valence-corrected chi connectivity index (χ3v) is 4.64. The average molecular weight is 389 g/mol. The quantitative estimate of drug-likeness (QED) is 0.504. The molecular weight excluding hydrogens is 363 g/mol. The van der Waals surface area contributed by atoms with Gasteiger partial charge in [0, 0.05) is 38.5 Å². The summed E-state index contributed by atoms with van der Waals surface area (Å²) in [5.74, 6) is 1.10. The highest BCUT2D eigenvalue weighted by molar-refractivity contribution is 7.97. The van der Waals surface area contributed by atoms with Gasteiger partial charge in [-0.3, -0.25) is 9.79 Å². The Bertz CT molecular complexity index is 793. The van der Waals surface area contributed by atoms with Crippen LogP contribution in [0.15, 0.2) is 47.5 Å². The van der Waals surface area contributed by atoms with Crippen molar-refractivity contribution in [1.82, 2.24) is 16.0 Å². The smallest absolute Gasteiger partial charge is 0.251 e. The summed E-state index contributed by atoms with van der Waals surface area (Å²) < 4.78 is 13.5. The predicted molar refractivity (Wildman–Crippen MR) is 110 cm³/mol. The van der Waals surface area contributed by atoms with Crippen LogP contribution in [0.2, 0.25) is 0 Å². The summed E-state index contributed by atoms with van der Waals surface area (Å²) in [6, 6.07) is 12.3. The van der Waals surface area contributed by atoms with Crippen molar-refractivity contribution in [3.63, 3.8) is 0 Å². The molecular formula is C20H25FN4OS. The second kappa shape index (κ2) is 10.6. The lowest BCUT2D eigenvalue weighted by Gasteiger charge is -2.14. The molecule has 7 heteroatoms. The van der Waals surface area contributed by atoms with Crippen LogP contribution in [0, 0.1) is 5.82 Å². The fourth-order valence-corrected chi connectivity index (χ4v) is 3.14. The van der Waals surface area contributed by atoms with Crippen molar-refractivity contribution in [1.29, 1.82) is 0 Å². The highest BCUT2D eigenvalue weighted by Crippen LogP contribution is 2.16. The molecule has 0 aliphatic rings. The van der Waals surface area contributed by atoms with Crippen LogP contribution < -0.4 is 16.0 Å². The first kappa shape index (κ1) is 20.8. The van der Waals surface area contributed by atoms with E-state index in [2.05, 4.69) is 20.9 Å². The van der Waals surface area contributed by atoms with Crippen molar-refractivity contribution >= 4 is 23.6 Å². The normalized spacial score (nSPS) is 11.2. The Balaban J connectivity index is 1.92. The summed E-state index contributed by atoms with van der Waals surface area (Å²) in [6.07, 6.45) is 2.00. The second-order valence-electron chi connectivity index (χ2n) is 5.90. The first-order chi connectivity index (χ1) is 13.1. The maximum atomic E-state index is 13.5. The molecule has 2 aromatic carbocycles. The van der Waals surface area contributed by atoms with Gasteiger partial charge in [-0.25, -0.2) is 4.39 Å². The molecule has 2 aromatic rings. The Hall–Kier alpha value is -2.54. The van der Waals surface area contributed by atoms with Crippen LogP contribution in [0.4, 0.5) is 4.39 Å². The number of halogens is 1. The number of thioether (sulfide) groups is 1. The molecule has 0 aromatic heterocycles. The number of hydrogen-bond donors (Lipinski definition) is 3. The minimum absolute atomic E-state index is 0.104. The van der Waals surface area contributed by atoms with E-state index in [4.69, 9.17) is 0 Å². The summed E-state index contributed by atoms with van der Waals surface area (Å²) in [6.45, 7) is 1.14. The van der Waals surface area contributed by atoms with Crippen LogP contribution >= 0.6 is 11.8 Å². The van der Waals surface area contributed by atoms with E-state index in [1.807, 2.05) is 18.4 Å². The van der Waals surface area contributed by atoms with Gasteiger partial charge in [0.2, 0.25) is 0 Å². The van der Waals surface area contributed by atoms with Gasteiger partial charge in [-0.1, -0.05) is 18.2 Å². The van der Waals surface area contributed by atoms with E-state index < -0.39 is 0 Å². The van der Waals surface area contributed by atoms with Crippen LogP contribution in [0.3, 0.4) is 0 Å². The molecule has 0 radical (unpaired) electrons. The van der Waals surface area contributed by atoms with Gasteiger partial charge in [0.25, 0.3) is 5.91 Å². The fourth-order valence-electron chi connectivity index (χ4n) is 2.56. The van der Waals surface area contributed by atoms with E-state index >= 15 is 0 Å². The lowest BCUT2D eigenvalue weighted by molar-refractivity contribution is 0.0963. The van der Waals surface area contributed by atoms with Gasteiger partial charge < -0.3 is 16.0 Å². The third-order valence-electron chi connectivity index (χ3n) is 4.04. The average Bonchev–Trinajstić information content (AvgIpc) is 2.69. The number of nitrogens with zero attached hydrogens (tertiary/aromatic N) is 1. The third kappa shape index (κ3) is 6.29. The minimum Gasteiger partial charge on any atom is -0.355 e. The van der Waals surface area contributed by atoms with Crippen LogP contribution in [0.25, 0.3) is 0 Å². The van der Waals surface area contributed by atoms with E-state index in [9.17, 15) is 9.18 Å². The number of carbonyl (C=O) groups is 1. The summed E-state index contributed by atoms with van der Waals surface area (Å²) in [5, 5.41) is 9.10. The summed E-state index contributed by atoms with van der Waals surface area (Å²) in [5.41, 5.74) is 3.69. The maximum Gasteiger partial charge on any atom is 0.251 e. The predicted octanol–water partition coefficient (Wildman–Crippen LogP) is 2.91. The van der Waals surface area contributed by atoms with E-state index in [1.165, 1.54) is 6.07 Å². The molecule has 0 fully saturated rings. The zero-order chi connectivity index (χ0) is 19.6. The molecule has 27 heavy (non-hydrogen) atoms. The molecule has 0 aliphatic carbocycles. The molecule has 2 rings (SSSR count). The van der Waals surface area contributed by atoms with E-state index in [1.54, 1.807) is 50.1 Å². The monoisotopic (exact) mass is 388 g/mol. The number of nitrogens with one attached hydrogen (secondary N) is 3.